The van der Waals surface area contributed by atoms with Crippen molar-refractivity contribution in [2.45, 2.75) is 32.9 Å². The van der Waals surface area contributed by atoms with E-state index < -0.39 is 0 Å². The van der Waals surface area contributed by atoms with Crippen LogP contribution in [0.4, 0.5) is 0 Å². The fourth-order valence-electron chi connectivity index (χ4n) is 2.12. The van der Waals surface area contributed by atoms with Crippen LogP contribution in [0, 0.1) is 5.92 Å². The molecule has 1 rings (SSSR count). The number of hydrogen-bond donors (Lipinski definition) is 1. The highest BCUT2D eigenvalue weighted by Gasteiger charge is 2.22. The Morgan fingerprint density at radius 2 is 1.71 bits per heavy atom. The molecule has 0 aliphatic carbocycles. The lowest BCUT2D eigenvalue weighted by atomic mass is 9.99. The van der Waals surface area contributed by atoms with Crippen molar-refractivity contribution in [1.29, 1.82) is 0 Å². The Kier molecular flexibility index (Phi) is 5.66. The van der Waals surface area contributed by atoms with E-state index in [1.807, 2.05) is 7.05 Å². The average molecular weight is 234 g/mol. The highest BCUT2D eigenvalue weighted by molar-refractivity contribution is 5.19. The topological polar surface area (TPSA) is 15.3 Å². The third kappa shape index (κ3) is 3.83. The first-order valence-electron chi connectivity index (χ1n) is 6.49. The van der Waals surface area contributed by atoms with Crippen LogP contribution < -0.4 is 5.32 Å². The van der Waals surface area contributed by atoms with Gasteiger partial charge < -0.3 is 5.32 Å². The molecule has 1 aromatic rings. The minimum atomic E-state index is 0.443. The standard InChI is InChI=1S/C15H26N2/c1-12(2)13(3)17(5)15(11-16-4)14-9-7-6-8-10-14/h6-10,12-13,15-16H,11H2,1-5H3. The summed E-state index contributed by atoms with van der Waals surface area (Å²) in [5, 5.41) is 3.30. The summed E-state index contributed by atoms with van der Waals surface area (Å²) in [7, 11) is 4.24. The number of nitrogens with zero attached hydrogens (tertiary/aromatic N) is 1. The predicted octanol–water partition coefficient (Wildman–Crippen LogP) is 2.92. The number of rotatable bonds is 6. The molecular formula is C15H26N2. The highest BCUT2D eigenvalue weighted by atomic mass is 15.2. The Labute approximate surface area is 106 Å². The Bertz CT molecular complexity index is 308. The zero-order chi connectivity index (χ0) is 12.8. The molecule has 0 amide bonds. The van der Waals surface area contributed by atoms with Crippen LogP contribution >= 0.6 is 0 Å². The van der Waals surface area contributed by atoms with Crippen LogP contribution in [0.3, 0.4) is 0 Å². The number of hydrogen-bond acceptors (Lipinski definition) is 2. The van der Waals surface area contributed by atoms with E-state index in [9.17, 15) is 0 Å². The molecule has 2 atom stereocenters. The van der Waals surface area contributed by atoms with Crippen molar-refractivity contribution in [2.75, 3.05) is 20.6 Å². The largest absolute Gasteiger partial charge is 0.318 e. The fourth-order valence-corrected chi connectivity index (χ4v) is 2.12. The second-order valence-electron chi connectivity index (χ2n) is 5.13. The molecule has 0 aliphatic rings. The Morgan fingerprint density at radius 1 is 1.12 bits per heavy atom. The van der Waals surface area contributed by atoms with Gasteiger partial charge in [-0.25, -0.2) is 0 Å². The third-order valence-electron chi connectivity index (χ3n) is 3.68. The van der Waals surface area contributed by atoms with Gasteiger partial charge in [0.15, 0.2) is 0 Å². The van der Waals surface area contributed by atoms with Crippen molar-refractivity contribution in [2.24, 2.45) is 5.92 Å². The van der Waals surface area contributed by atoms with Crippen molar-refractivity contribution < 1.29 is 0 Å². The minimum Gasteiger partial charge on any atom is -0.318 e. The molecule has 0 spiro atoms. The zero-order valence-corrected chi connectivity index (χ0v) is 11.8. The van der Waals surface area contributed by atoms with Crippen molar-refractivity contribution in [3.63, 3.8) is 0 Å². The van der Waals surface area contributed by atoms with E-state index in [-0.39, 0.29) is 0 Å². The molecule has 2 heteroatoms. The Morgan fingerprint density at radius 3 is 2.18 bits per heavy atom. The SMILES string of the molecule is CNCC(c1ccccc1)N(C)C(C)C(C)C. The summed E-state index contributed by atoms with van der Waals surface area (Å²) < 4.78 is 0. The Hall–Kier alpha value is -0.860. The van der Waals surface area contributed by atoms with Crippen molar-refractivity contribution in [3.05, 3.63) is 35.9 Å². The van der Waals surface area contributed by atoms with Crippen LogP contribution in [-0.2, 0) is 0 Å². The van der Waals surface area contributed by atoms with Crippen LogP contribution in [0.5, 0.6) is 0 Å². The van der Waals surface area contributed by atoms with E-state index in [1.165, 1.54) is 5.56 Å². The second-order valence-corrected chi connectivity index (χ2v) is 5.13. The molecule has 0 fully saturated rings. The van der Waals surface area contributed by atoms with Crippen LogP contribution in [-0.4, -0.2) is 31.6 Å². The summed E-state index contributed by atoms with van der Waals surface area (Å²) in [5.74, 6) is 0.670. The van der Waals surface area contributed by atoms with Crippen LogP contribution in [0.15, 0.2) is 30.3 Å². The molecule has 0 radical (unpaired) electrons. The maximum absolute atomic E-state index is 3.30. The van der Waals surface area contributed by atoms with Gasteiger partial charge in [-0.1, -0.05) is 44.2 Å². The molecule has 0 aliphatic heterocycles. The molecule has 0 heterocycles. The summed E-state index contributed by atoms with van der Waals surface area (Å²) in [6.45, 7) is 7.85. The van der Waals surface area contributed by atoms with Gasteiger partial charge in [-0.05, 0) is 32.5 Å². The summed E-state index contributed by atoms with van der Waals surface area (Å²) in [4.78, 5) is 2.47. The first-order valence-corrected chi connectivity index (χ1v) is 6.49. The summed E-state index contributed by atoms with van der Waals surface area (Å²) in [6.07, 6.45) is 0. The monoisotopic (exact) mass is 234 g/mol. The smallest absolute Gasteiger partial charge is 0.0472 e. The molecule has 96 valence electrons. The lowest BCUT2D eigenvalue weighted by Gasteiger charge is -2.35. The number of benzene rings is 1. The molecule has 17 heavy (non-hydrogen) atoms. The van der Waals surface area contributed by atoms with Crippen molar-refractivity contribution in [3.8, 4) is 0 Å². The van der Waals surface area contributed by atoms with E-state index in [0.717, 1.165) is 6.54 Å². The quantitative estimate of drug-likeness (QED) is 0.814. The van der Waals surface area contributed by atoms with Crippen LogP contribution in [0.1, 0.15) is 32.4 Å². The second kappa shape index (κ2) is 6.77. The van der Waals surface area contributed by atoms with Crippen molar-refractivity contribution in [1.82, 2.24) is 10.2 Å². The normalized spacial score (nSPS) is 15.2. The summed E-state index contributed by atoms with van der Waals surface area (Å²) in [5.41, 5.74) is 1.39. The van der Waals surface area contributed by atoms with Gasteiger partial charge in [0.2, 0.25) is 0 Å². The molecule has 0 saturated carbocycles. The lowest BCUT2D eigenvalue weighted by molar-refractivity contribution is 0.147. The molecular weight excluding hydrogens is 208 g/mol. The zero-order valence-electron chi connectivity index (χ0n) is 11.8. The van der Waals surface area contributed by atoms with Gasteiger partial charge in [-0.15, -0.1) is 0 Å². The Balaban J connectivity index is 2.86. The minimum absolute atomic E-state index is 0.443. The molecule has 2 unspecified atom stereocenters. The van der Waals surface area contributed by atoms with Crippen molar-refractivity contribution >= 4 is 0 Å². The number of nitrogens with one attached hydrogen (secondary N) is 1. The summed E-state index contributed by atoms with van der Waals surface area (Å²) in [6, 6.07) is 11.8. The van der Waals surface area contributed by atoms with Gasteiger partial charge in [0.25, 0.3) is 0 Å². The van der Waals surface area contributed by atoms with Gasteiger partial charge >= 0.3 is 0 Å². The molecule has 0 aromatic heterocycles. The van der Waals surface area contributed by atoms with E-state index in [1.54, 1.807) is 0 Å². The maximum atomic E-state index is 3.30. The van der Waals surface area contributed by atoms with Gasteiger partial charge in [0.1, 0.15) is 0 Å². The van der Waals surface area contributed by atoms with Crippen LogP contribution in [0.2, 0.25) is 0 Å². The first-order chi connectivity index (χ1) is 8.07. The molecule has 2 nitrogen and oxygen atoms in total. The van der Waals surface area contributed by atoms with E-state index >= 15 is 0 Å². The van der Waals surface area contributed by atoms with Gasteiger partial charge in [0, 0.05) is 18.6 Å². The number of likely N-dealkylation sites (N-methyl/N-ethyl adjacent to an activating group) is 2. The predicted molar refractivity (Wildman–Crippen MR) is 75.2 cm³/mol. The lowest BCUT2D eigenvalue weighted by Crippen LogP contribution is -2.40. The maximum Gasteiger partial charge on any atom is 0.0472 e. The molecule has 1 aromatic carbocycles. The third-order valence-corrected chi connectivity index (χ3v) is 3.68. The average Bonchev–Trinajstić information content (AvgIpc) is 2.35. The molecule has 1 N–H and O–H groups in total. The van der Waals surface area contributed by atoms with E-state index in [0.29, 0.717) is 18.0 Å². The molecule has 0 bridgehead atoms. The van der Waals surface area contributed by atoms with E-state index in [4.69, 9.17) is 0 Å². The fraction of sp³-hybridized carbons (Fsp3) is 0.600. The van der Waals surface area contributed by atoms with Gasteiger partial charge in [0.05, 0.1) is 0 Å². The van der Waals surface area contributed by atoms with Gasteiger partial charge in [-0.3, -0.25) is 4.90 Å². The molecule has 0 saturated heterocycles. The summed E-state index contributed by atoms with van der Waals surface area (Å²) >= 11 is 0. The van der Waals surface area contributed by atoms with E-state index in [2.05, 4.69) is 68.4 Å². The van der Waals surface area contributed by atoms with Crippen LogP contribution in [0.25, 0.3) is 0 Å². The van der Waals surface area contributed by atoms with Gasteiger partial charge in [-0.2, -0.15) is 0 Å². The highest BCUT2D eigenvalue weighted by Crippen LogP contribution is 2.23. The first kappa shape index (κ1) is 14.2.